The van der Waals surface area contributed by atoms with E-state index in [-0.39, 0.29) is 11.5 Å². The van der Waals surface area contributed by atoms with E-state index in [2.05, 4.69) is 35.3 Å². The molecule has 1 heterocycles. The van der Waals surface area contributed by atoms with Crippen LogP contribution in [-0.4, -0.2) is 33.4 Å². The monoisotopic (exact) mass is 433 g/mol. The van der Waals surface area contributed by atoms with Crippen molar-refractivity contribution in [2.75, 3.05) is 12.9 Å². The van der Waals surface area contributed by atoms with E-state index in [1.165, 1.54) is 22.5 Å². The zero-order valence-corrected chi connectivity index (χ0v) is 18.5. The molecule has 0 N–H and O–H groups in total. The molecular weight excluding hydrogens is 410 g/mol. The highest BCUT2D eigenvalue weighted by Gasteiger charge is 2.14. The van der Waals surface area contributed by atoms with E-state index in [4.69, 9.17) is 9.47 Å². The van der Waals surface area contributed by atoms with Crippen molar-refractivity contribution in [3.63, 3.8) is 0 Å². The number of rotatable bonds is 8. The van der Waals surface area contributed by atoms with Gasteiger partial charge < -0.3 is 14.0 Å². The average molecular weight is 434 g/mol. The summed E-state index contributed by atoms with van der Waals surface area (Å²) in [7, 11) is 3.48. The zero-order chi connectivity index (χ0) is 21.8. The fraction of sp³-hybridized carbons (Fsp3) is 0.208. The van der Waals surface area contributed by atoms with Crippen LogP contribution in [0.5, 0.6) is 11.5 Å². The molecule has 0 amide bonds. The molecular formula is C24H23N3O3S. The molecule has 3 aromatic carbocycles. The van der Waals surface area contributed by atoms with Gasteiger partial charge >= 0.3 is 0 Å². The summed E-state index contributed by atoms with van der Waals surface area (Å²) in [5.41, 5.74) is 1.74. The normalized spacial score (nSPS) is 10.9. The second-order valence-electron chi connectivity index (χ2n) is 7.10. The number of aryl methyl sites for hydroxylation is 1. The lowest BCUT2D eigenvalue weighted by Gasteiger charge is -2.11. The van der Waals surface area contributed by atoms with Crippen LogP contribution in [0.1, 0.15) is 21.7 Å². The number of hydrogen-bond donors (Lipinski definition) is 0. The first kappa shape index (κ1) is 20.9. The topological polar surface area (TPSA) is 66.2 Å². The molecule has 7 heteroatoms. The van der Waals surface area contributed by atoms with Crippen molar-refractivity contribution in [1.29, 1.82) is 0 Å². The van der Waals surface area contributed by atoms with Crippen LogP contribution in [0.4, 0.5) is 0 Å². The Morgan fingerprint density at radius 3 is 2.58 bits per heavy atom. The quantitative estimate of drug-likeness (QED) is 0.293. The number of thioether (sulfide) groups is 1. The molecule has 0 fully saturated rings. The Bertz CT molecular complexity index is 1220. The van der Waals surface area contributed by atoms with Crippen molar-refractivity contribution in [3.05, 3.63) is 77.6 Å². The molecule has 0 saturated carbocycles. The lowest BCUT2D eigenvalue weighted by atomic mass is 10.0. The molecule has 0 radical (unpaired) electrons. The molecule has 31 heavy (non-hydrogen) atoms. The van der Waals surface area contributed by atoms with Gasteiger partial charge in [0, 0.05) is 12.6 Å². The number of carbonyl (C=O) groups excluding carboxylic acids is 1. The highest BCUT2D eigenvalue weighted by molar-refractivity contribution is 7.99. The largest absolute Gasteiger partial charge is 0.497 e. The van der Waals surface area contributed by atoms with Crippen molar-refractivity contribution < 1.29 is 14.3 Å². The summed E-state index contributed by atoms with van der Waals surface area (Å²) < 4.78 is 13.0. The van der Waals surface area contributed by atoms with Gasteiger partial charge in [0.25, 0.3) is 0 Å². The van der Waals surface area contributed by atoms with Gasteiger partial charge in [-0.15, -0.1) is 10.2 Å². The van der Waals surface area contributed by atoms with Gasteiger partial charge in [0.2, 0.25) is 0 Å². The number of ketones is 1. The maximum Gasteiger partial charge on any atom is 0.191 e. The maximum absolute atomic E-state index is 12.4. The van der Waals surface area contributed by atoms with Gasteiger partial charge in [0.1, 0.15) is 18.1 Å². The second kappa shape index (κ2) is 9.22. The summed E-state index contributed by atoms with van der Waals surface area (Å²) in [4.78, 5) is 12.4. The zero-order valence-electron chi connectivity index (χ0n) is 17.7. The fourth-order valence-electron chi connectivity index (χ4n) is 3.29. The summed E-state index contributed by atoms with van der Waals surface area (Å²) in [6, 6.07) is 19.4. The molecule has 6 nitrogen and oxygen atoms in total. The number of Topliss-reactive ketones (excluding diaryl/α,β-unsaturated/α-hetero) is 1. The molecule has 0 aliphatic rings. The summed E-state index contributed by atoms with van der Waals surface area (Å²) in [5.74, 6) is 2.56. The van der Waals surface area contributed by atoms with E-state index in [1.54, 1.807) is 31.4 Å². The molecule has 0 atom stereocenters. The van der Waals surface area contributed by atoms with Crippen molar-refractivity contribution in [2.24, 2.45) is 7.05 Å². The van der Waals surface area contributed by atoms with Crippen LogP contribution in [0.3, 0.4) is 0 Å². The standard InChI is InChI=1S/C24H23N3O3S/c1-16-20-7-5-4-6-17(20)10-13-22(16)30-14-23-25-26-24(27(23)2)31-15-21(28)18-8-11-19(29-3)12-9-18/h4-13H,14-15H2,1-3H3. The van der Waals surface area contributed by atoms with Gasteiger partial charge in [-0.25, -0.2) is 0 Å². The van der Waals surface area contributed by atoms with E-state index in [0.29, 0.717) is 23.2 Å². The van der Waals surface area contributed by atoms with Crippen LogP contribution in [0.25, 0.3) is 10.8 Å². The van der Waals surface area contributed by atoms with E-state index in [9.17, 15) is 4.79 Å². The third-order valence-electron chi connectivity index (χ3n) is 5.17. The van der Waals surface area contributed by atoms with Crippen LogP contribution in [0.15, 0.2) is 65.8 Å². The van der Waals surface area contributed by atoms with Gasteiger partial charge in [-0.05, 0) is 53.6 Å². The van der Waals surface area contributed by atoms with E-state index < -0.39 is 0 Å². The molecule has 0 saturated heterocycles. The van der Waals surface area contributed by atoms with Crippen LogP contribution < -0.4 is 9.47 Å². The van der Waals surface area contributed by atoms with Gasteiger partial charge in [0.05, 0.1) is 12.9 Å². The van der Waals surface area contributed by atoms with Crippen molar-refractivity contribution in [2.45, 2.75) is 18.7 Å². The van der Waals surface area contributed by atoms with Gasteiger partial charge in [-0.3, -0.25) is 4.79 Å². The Balaban J connectivity index is 1.39. The van der Waals surface area contributed by atoms with Gasteiger partial charge in [-0.1, -0.05) is 42.1 Å². The number of carbonyl (C=O) groups is 1. The smallest absolute Gasteiger partial charge is 0.191 e. The van der Waals surface area contributed by atoms with Crippen molar-refractivity contribution in [3.8, 4) is 11.5 Å². The Hall–Kier alpha value is -3.32. The van der Waals surface area contributed by atoms with Crippen LogP contribution >= 0.6 is 11.8 Å². The predicted molar refractivity (Wildman–Crippen MR) is 122 cm³/mol. The van der Waals surface area contributed by atoms with E-state index in [0.717, 1.165) is 17.1 Å². The fourth-order valence-corrected chi connectivity index (χ4v) is 4.12. The highest BCUT2D eigenvalue weighted by atomic mass is 32.2. The molecule has 4 rings (SSSR count). The summed E-state index contributed by atoms with van der Waals surface area (Å²) in [6.45, 7) is 2.36. The SMILES string of the molecule is COc1ccc(C(=O)CSc2nnc(COc3ccc4ccccc4c3C)n2C)cc1. The number of nitrogens with zero attached hydrogens (tertiary/aromatic N) is 3. The number of benzene rings is 3. The van der Waals surface area contributed by atoms with E-state index >= 15 is 0 Å². The lowest BCUT2D eigenvalue weighted by molar-refractivity contribution is 0.102. The van der Waals surface area contributed by atoms with Crippen molar-refractivity contribution in [1.82, 2.24) is 14.8 Å². The summed E-state index contributed by atoms with van der Waals surface area (Å²) in [5, 5.41) is 11.5. The first-order valence-corrected chi connectivity index (χ1v) is 10.8. The molecule has 0 bridgehead atoms. The molecule has 0 aliphatic carbocycles. The van der Waals surface area contributed by atoms with Crippen LogP contribution in [0.2, 0.25) is 0 Å². The molecule has 0 unspecified atom stereocenters. The predicted octanol–water partition coefficient (Wildman–Crippen LogP) is 4.84. The van der Waals surface area contributed by atoms with Crippen molar-refractivity contribution >= 4 is 28.3 Å². The Kier molecular flexibility index (Phi) is 6.23. The third kappa shape index (κ3) is 4.56. The van der Waals surface area contributed by atoms with Gasteiger partial charge in [0.15, 0.2) is 16.8 Å². The summed E-state index contributed by atoms with van der Waals surface area (Å²) in [6.07, 6.45) is 0. The Labute approximate surface area is 185 Å². The minimum Gasteiger partial charge on any atom is -0.497 e. The maximum atomic E-state index is 12.4. The Morgan fingerprint density at radius 1 is 1.03 bits per heavy atom. The first-order chi connectivity index (χ1) is 15.1. The number of aromatic nitrogens is 3. The van der Waals surface area contributed by atoms with E-state index in [1.807, 2.05) is 29.8 Å². The number of hydrogen-bond acceptors (Lipinski definition) is 6. The minimum absolute atomic E-state index is 0.0280. The number of fused-ring (bicyclic) bond motifs is 1. The molecule has 0 spiro atoms. The molecule has 158 valence electrons. The van der Waals surface area contributed by atoms with Crippen LogP contribution in [-0.2, 0) is 13.7 Å². The third-order valence-corrected chi connectivity index (χ3v) is 6.20. The first-order valence-electron chi connectivity index (χ1n) is 9.86. The Morgan fingerprint density at radius 2 is 1.81 bits per heavy atom. The van der Waals surface area contributed by atoms with Gasteiger partial charge in [-0.2, -0.15) is 0 Å². The molecule has 4 aromatic rings. The average Bonchev–Trinajstić information content (AvgIpc) is 3.16. The second-order valence-corrected chi connectivity index (χ2v) is 8.04. The molecule has 1 aromatic heterocycles. The summed E-state index contributed by atoms with van der Waals surface area (Å²) >= 11 is 1.36. The number of ether oxygens (including phenoxy) is 2. The molecule has 0 aliphatic heterocycles. The number of methoxy groups -OCH3 is 1. The highest BCUT2D eigenvalue weighted by Crippen LogP contribution is 2.28. The lowest BCUT2D eigenvalue weighted by Crippen LogP contribution is -2.06. The minimum atomic E-state index is 0.0280. The van der Waals surface area contributed by atoms with Crippen LogP contribution in [0, 0.1) is 6.92 Å².